The molecule has 0 aliphatic carbocycles. The van der Waals surface area contributed by atoms with Gasteiger partial charge in [0.25, 0.3) is 0 Å². The molecule has 0 fully saturated rings. The molecule has 0 nitrogen and oxygen atoms in total. The first kappa shape index (κ1) is 18.9. The van der Waals surface area contributed by atoms with Crippen molar-refractivity contribution in [1.29, 1.82) is 0 Å². The molecule has 0 aliphatic rings. The van der Waals surface area contributed by atoms with E-state index < -0.39 is 15.8 Å². The van der Waals surface area contributed by atoms with Crippen LogP contribution in [0.25, 0.3) is 0 Å². The van der Waals surface area contributed by atoms with Crippen LogP contribution >= 0.6 is 15.8 Å². The summed E-state index contributed by atoms with van der Waals surface area (Å²) in [4.78, 5) is 0. The zero-order chi connectivity index (χ0) is 16.6. The molecule has 0 radical (unpaired) electrons. The predicted octanol–water partition coefficient (Wildman–Crippen LogP) is 2.68. The molecule has 0 aromatic heterocycles. The van der Waals surface area contributed by atoms with E-state index in [0.717, 1.165) is 0 Å². The Morgan fingerprint density at radius 2 is 1.05 bits per heavy atom. The molecule has 98 valence electrons. The summed E-state index contributed by atoms with van der Waals surface area (Å²) in [6.07, 6.45) is 20.7. The minimum Gasteiger partial charge on any atom is -0.106 e. The summed E-state index contributed by atoms with van der Waals surface area (Å²) in [6.45, 7) is 1.71. The third-order valence-corrected chi connectivity index (χ3v) is 5.89. The van der Waals surface area contributed by atoms with Gasteiger partial charge in [0.15, 0.2) is 0 Å². The summed E-state index contributed by atoms with van der Waals surface area (Å²) in [6, 6.07) is 0. The lowest BCUT2D eigenvalue weighted by Gasteiger charge is -2.15. The highest BCUT2D eigenvalue weighted by Gasteiger charge is 2.24. The molecule has 2 heteroatoms. The Kier molecular flexibility index (Phi) is 11.1. The van der Waals surface area contributed by atoms with Crippen LogP contribution in [0.5, 0.6) is 0 Å². The van der Waals surface area contributed by atoms with Gasteiger partial charge in [0.2, 0.25) is 0 Å². The molecule has 0 saturated heterocycles. The van der Waals surface area contributed by atoms with E-state index in [0.29, 0.717) is 0 Å². The van der Waals surface area contributed by atoms with Gasteiger partial charge in [-0.1, -0.05) is 11.6 Å². The quantitative estimate of drug-likeness (QED) is 0.543. The highest BCUT2D eigenvalue weighted by molar-refractivity contribution is 7.85. The monoisotopic (exact) mass is 310 g/mol. The smallest absolute Gasteiger partial charge is 0.106 e. The predicted molar refractivity (Wildman–Crippen MR) is 97.5 cm³/mol. The van der Waals surface area contributed by atoms with Gasteiger partial charge in [-0.3, -0.25) is 0 Å². The summed E-state index contributed by atoms with van der Waals surface area (Å²) < 4.78 is 0. The van der Waals surface area contributed by atoms with Crippen LogP contribution in [-0.4, -0.2) is 5.40 Å². The van der Waals surface area contributed by atoms with Crippen molar-refractivity contribution in [3.8, 4) is 108 Å². The number of hydrogen-bond donors (Lipinski definition) is 0. The van der Waals surface area contributed by atoms with E-state index in [1.54, 1.807) is 6.92 Å². The molecule has 0 aromatic rings. The lowest BCUT2D eigenvalue weighted by Crippen LogP contribution is -1.97. The van der Waals surface area contributed by atoms with Crippen molar-refractivity contribution in [3.63, 3.8) is 0 Å². The molecule has 0 spiro atoms. The van der Waals surface area contributed by atoms with Crippen molar-refractivity contribution in [2.24, 2.45) is 0 Å². The van der Waals surface area contributed by atoms with Crippen molar-refractivity contribution >= 4 is 15.8 Å². The summed E-state index contributed by atoms with van der Waals surface area (Å²) in [5.41, 5.74) is 11.7. The number of hydrogen-bond acceptors (Lipinski definition) is 0. The van der Waals surface area contributed by atoms with E-state index in [-0.39, 0.29) is 5.40 Å². The summed E-state index contributed by atoms with van der Waals surface area (Å²) in [7, 11) is -2.40. The summed E-state index contributed by atoms with van der Waals surface area (Å²) in [5, 5.41) is -0.337. The third-order valence-electron chi connectivity index (χ3n) is 1.74. The average Bonchev–Trinajstić information content (AvgIpc) is 2.54. The Balaban J connectivity index is 6.09. The van der Waals surface area contributed by atoms with Gasteiger partial charge in [0.1, 0.15) is 5.40 Å². The zero-order valence-corrected chi connectivity index (χ0v) is 13.6. The van der Waals surface area contributed by atoms with Crippen LogP contribution in [0.1, 0.15) is 6.92 Å². The van der Waals surface area contributed by atoms with Crippen molar-refractivity contribution < 1.29 is 0 Å². The third kappa shape index (κ3) is 7.48. The topological polar surface area (TPSA) is 0 Å². The molecule has 2 unspecified atom stereocenters. The van der Waals surface area contributed by atoms with Crippen LogP contribution < -0.4 is 0 Å². The Labute approximate surface area is 136 Å². The lowest BCUT2D eigenvalue weighted by molar-refractivity contribution is 1.74. The molecule has 0 N–H and O–H groups in total. The van der Waals surface area contributed by atoms with Gasteiger partial charge in [-0.05, 0) is 71.3 Å². The van der Waals surface area contributed by atoms with Gasteiger partial charge in [-0.15, -0.1) is 31.6 Å². The minimum atomic E-state index is -1.24. The van der Waals surface area contributed by atoms with Crippen molar-refractivity contribution in [3.05, 3.63) is 0 Å². The first-order chi connectivity index (χ1) is 10.7. The Bertz CT molecular complexity index is 849. The first-order valence-corrected chi connectivity index (χ1v) is 8.43. The second kappa shape index (κ2) is 12.9. The van der Waals surface area contributed by atoms with Crippen LogP contribution in [-0.2, 0) is 0 Å². The Morgan fingerprint density at radius 3 is 1.41 bits per heavy atom. The fraction of sp³-hybridized carbons (Fsp3) is 0.100. The van der Waals surface area contributed by atoms with Crippen molar-refractivity contribution in [2.75, 3.05) is 0 Å². The second-order valence-corrected chi connectivity index (χ2v) is 6.85. The zero-order valence-electron chi connectivity index (χ0n) is 11.8. The van der Waals surface area contributed by atoms with E-state index >= 15 is 0 Å². The molecule has 0 aromatic carbocycles. The maximum absolute atomic E-state index is 5.20. The molecule has 2 atom stereocenters. The van der Waals surface area contributed by atoms with Crippen LogP contribution in [0, 0.1) is 108 Å². The van der Waals surface area contributed by atoms with E-state index in [1.807, 2.05) is 0 Å². The molecule has 0 rings (SSSR count). The van der Waals surface area contributed by atoms with Crippen LogP contribution in [0.2, 0.25) is 0 Å². The molecule has 0 bridgehead atoms. The molecule has 0 heterocycles. The SMILES string of the molecule is C#CC#CC(P(C#CC)C#CC#C)P(C#CC#C)C#CC#C. The lowest BCUT2D eigenvalue weighted by atomic mass is 10.6. The van der Waals surface area contributed by atoms with Gasteiger partial charge in [0.05, 0.1) is 15.8 Å². The molecule has 0 amide bonds. The standard InChI is InChI=1S/C20H8P2/c1-6-11-15-20(21(16-10-5)17-12-7-2)22(18-13-8-3)19-14-9-4/h1-4,20H,5H3. The van der Waals surface area contributed by atoms with E-state index in [2.05, 4.69) is 81.9 Å². The molecule has 0 saturated carbocycles. The van der Waals surface area contributed by atoms with Crippen LogP contribution in [0.3, 0.4) is 0 Å². The normalized spacial score (nSPS) is 9.00. The van der Waals surface area contributed by atoms with Gasteiger partial charge >= 0.3 is 0 Å². The average molecular weight is 310 g/mol. The fourth-order valence-corrected chi connectivity index (χ4v) is 4.45. The van der Waals surface area contributed by atoms with Gasteiger partial charge in [-0.25, -0.2) is 0 Å². The molecule has 22 heavy (non-hydrogen) atoms. The van der Waals surface area contributed by atoms with E-state index in [1.165, 1.54) is 0 Å². The summed E-state index contributed by atoms with van der Waals surface area (Å²) >= 11 is 0. The molecular weight excluding hydrogens is 302 g/mol. The van der Waals surface area contributed by atoms with Gasteiger partial charge in [0, 0.05) is 0 Å². The van der Waals surface area contributed by atoms with Crippen LogP contribution in [0.15, 0.2) is 0 Å². The van der Waals surface area contributed by atoms with Gasteiger partial charge < -0.3 is 0 Å². The van der Waals surface area contributed by atoms with E-state index in [9.17, 15) is 0 Å². The largest absolute Gasteiger partial charge is 0.106 e. The Hall–Kier alpha value is -3.10. The molecule has 0 aliphatic heterocycles. The Morgan fingerprint density at radius 1 is 0.636 bits per heavy atom. The summed E-state index contributed by atoms with van der Waals surface area (Å²) in [5.74, 6) is 25.1. The second-order valence-electron chi connectivity index (χ2n) is 3.03. The number of terminal acetylenes is 4. The maximum Gasteiger partial charge on any atom is 0.106 e. The van der Waals surface area contributed by atoms with Crippen LogP contribution in [0.4, 0.5) is 0 Å². The number of rotatable bonds is 2. The fourth-order valence-electron chi connectivity index (χ4n) is 1.05. The highest BCUT2D eigenvalue weighted by atomic mass is 31.2. The molecular formula is C20H8P2. The highest BCUT2D eigenvalue weighted by Crippen LogP contribution is 2.56. The first-order valence-electron chi connectivity index (χ1n) is 5.60. The van der Waals surface area contributed by atoms with E-state index in [4.69, 9.17) is 25.7 Å². The van der Waals surface area contributed by atoms with Gasteiger partial charge in [-0.2, -0.15) is 0 Å². The maximum atomic E-state index is 5.20. The van der Waals surface area contributed by atoms with Crippen molar-refractivity contribution in [1.82, 2.24) is 0 Å². The van der Waals surface area contributed by atoms with Crippen molar-refractivity contribution in [2.45, 2.75) is 12.3 Å². The minimum absolute atomic E-state index is 0.337.